The molecule has 3 aliphatic carbocycles. The molecule has 2 nitrogen and oxygen atoms in total. The van der Waals surface area contributed by atoms with Crippen molar-refractivity contribution in [2.75, 3.05) is 6.61 Å². The van der Waals surface area contributed by atoms with Gasteiger partial charge in [0.2, 0.25) is 0 Å². The van der Waals surface area contributed by atoms with E-state index in [0.29, 0.717) is 11.5 Å². The number of hydrogen-bond donors (Lipinski definition) is 1. The molecule has 1 N–H and O–H groups in total. The molecule has 0 heterocycles. The summed E-state index contributed by atoms with van der Waals surface area (Å²) in [5.74, 6) is 0.989. The van der Waals surface area contributed by atoms with E-state index in [0.717, 1.165) is 24.6 Å². The molecule has 17 heavy (non-hydrogen) atoms. The third-order valence-corrected chi connectivity index (χ3v) is 5.43. The van der Waals surface area contributed by atoms with Crippen LogP contribution in [0.4, 0.5) is 0 Å². The Morgan fingerprint density at radius 2 is 2.06 bits per heavy atom. The SMILES string of the molecule is CCCC1CC1NC1CC(OCC)C12CCC2. The molecule has 3 saturated carbocycles. The summed E-state index contributed by atoms with van der Waals surface area (Å²) >= 11 is 0. The Labute approximate surface area is 105 Å². The maximum absolute atomic E-state index is 5.90. The maximum atomic E-state index is 5.90. The quantitative estimate of drug-likeness (QED) is 0.766. The first-order chi connectivity index (χ1) is 8.30. The Hall–Kier alpha value is -0.0800. The zero-order chi connectivity index (χ0) is 11.9. The van der Waals surface area contributed by atoms with Crippen LogP contribution in [-0.4, -0.2) is 24.8 Å². The number of rotatable bonds is 6. The Morgan fingerprint density at radius 3 is 2.65 bits per heavy atom. The van der Waals surface area contributed by atoms with Crippen molar-refractivity contribution >= 4 is 0 Å². The monoisotopic (exact) mass is 237 g/mol. The lowest BCUT2D eigenvalue weighted by molar-refractivity contribution is -0.173. The van der Waals surface area contributed by atoms with Gasteiger partial charge >= 0.3 is 0 Å². The Morgan fingerprint density at radius 1 is 1.24 bits per heavy atom. The first-order valence-corrected chi connectivity index (χ1v) is 7.67. The predicted molar refractivity (Wildman–Crippen MR) is 70.0 cm³/mol. The Bertz CT molecular complexity index is 274. The van der Waals surface area contributed by atoms with Gasteiger partial charge in [-0.15, -0.1) is 0 Å². The highest BCUT2D eigenvalue weighted by molar-refractivity contribution is 5.14. The molecule has 4 unspecified atom stereocenters. The van der Waals surface area contributed by atoms with E-state index in [1.165, 1.54) is 44.9 Å². The molecule has 0 aromatic rings. The molecule has 0 bridgehead atoms. The summed E-state index contributed by atoms with van der Waals surface area (Å²) < 4.78 is 5.90. The minimum atomic E-state index is 0.551. The number of hydrogen-bond acceptors (Lipinski definition) is 2. The van der Waals surface area contributed by atoms with Crippen molar-refractivity contribution in [3.8, 4) is 0 Å². The van der Waals surface area contributed by atoms with Gasteiger partial charge in [0.05, 0.1) is 6.10 Å². The van der Waals surface area contributed by atoms with Gasteiger partial charge in [-0.05, 0) is 44.9 Å². The standard InChI is InChI=1S/C15H27NO/c1-3-6-11-9-12(11)16-13-10-14(17-4-2)15(13)7-5-8-15/h11-14,16H,3-10H2,1-2H3. The topological polar surface area (TPSA) is 21.3 Å². The smallest absolute Gasteiger partial charge is 0.0661 e. The van der Waals surface area contributed by atoms with Crippen molar-refractivity contribution in [2.24, 2.45) is 11.3 Å². The van der Waals surface area contributed by atoms with Crippen LogP contribution in [-0.2, 0) is 4.74 Å². The van der Waals surface area contributed by atoms with Gasteiger partial charge in [-0.1, -0.05) is 19.8 Å². The average molecular weight is 237 g/mol. The van der Waals surface area contributed by atoms with E-state index in [1.807, 2.05) is 0 Å². The van der Waals surface area contributed by atoms with E-state index in [4.69, 9.17) is 4.74 Å². The number of nitrogens with one attached hydrogen (secondary N) is 1. The molecule has 0 radical (unpaired) electrons. The molecule has 0 aromatic heterocycles. The lowest BCUT2D eigenvalue weighted by Gasteiger charge is -2.61. The van der Waals surface area contributed by atoms with Gasteiger partial charge in [0.25, 0.3) is 0 Å². The minimum absolute atomic E-state index is 0.551. The van der Waals surface area contributed by atoms with Crippen LogP contribution >= 0.6 is 0 Å². The van der Waals surface area contributed by atoms with Crippen molar-refractivity contribution in [3.63, 3.8) is 0 Å². The molecule has 0 aliphatic heterocycles. The minimum Gasteiger partial charge on any atom is -0.378 e. The van der Waals surface area contributed by atoms with E-state index in [9.17, 15) is 0 Å². The van der Waals surface area contributed by atoms with Crippen molar-refractivity contribution in [1.29, 1.82) is 0 Å². The molecule has 3 rings (SSSR count). The zero-order valence-corrected chi connectivity index (χ0v) is 11.4. The highest BCUT2D eigenvalue weighted by Gasteiger charge is 2.60. The molecule has 3 fully saturated rings. The van der Waals surface area contributed by atoms with E-state index >= 15 is 0 Å². The van der Waals surface area contributed by atoms with Crippen LogP contribution in [0.3, 0.4) is 0 Å². The maximum Gasteiger partial charge on any atom is 0.0661 e. The summed E-state index contributed by atoms with van der Waals surface area (Å²) in [5, 5.41) is 3.93. The van der Waals surface area contributed by atoms with Gasteiger partial charge in [-0.25, -0.2) is 0 Å². The molecule has 2 heteroatoms. The first kappa shape index (κ1) is 12.0. The van der Waals surface area contributed by atoms with Crippen LogP contribution in [0.2, 0.25) is 0 Å². The van der Waals surface area contributed by atoms with Gasteiger partial charge in [0.1, 0.15) is 0 Å². The molecular weight excluding hydrogens is 210 g/mol. The molecule has 98 valence electrons. The van der Waals surface area contributed by atoms with Crippen molar-refractivity contribution in [3.05, 3.63) is 0 Å². The third kappa shape index (κ3) is 1.94. The molecule has 1 spiro atoms. The van der Waals surface area contributed by atoms with Crippen molar-refractivity contribution in [2.45, 2.75) is 77.0 Å². The van der Waals surface area contributed by atoms with Crippen LogP contribution < -0.4 is 5.32 Å². The summed E-state index contributed by atoms with van der Waals surface area (Å²) in [7, 11) is 0. The van der Waals surface area contributed by atoms with Crippen molar-refractivity contribution < 1.29 is 4.74 Å². The summed E-state index contributed by atoms with van der Waals surface area (Å²) in [6.07, 6.45) is 10.3. The fourth-order valence-electron chi connectivity index (χ4n) is 4.07. The van der Waals surface area contributed by atoms with E-state index < -0.39 is 0 Å². The van der Waals surface area contributed by atoms with Crippen LogP contribution in [0.5, 0.6) is 0 Å². The third-order valence-electron chi connectivity index (χ3n) is 5.43. The largest absolute Gasteiger partial charge is 0.378 e. The average Bonchev–Trinajstić information content (AvgIpc) is 2.93. The summed E-state index contributed by atoms with van der Waals surface area (Å²) in [5.41, 5.74) is 0.551. The second-order valence-corrected chi connectivity index (χ2v) is 6.38. The van der Waals surface area contributed by atoms with Crippen LogP contribution in [0.25, 0.3) is 0 Å². The van der Waals surface area contributed by atoms with E-state index in [2.05, 4.69) is 19.2 Å². The summed E-state index contributed by atoms with van der Waals surface area (Å²) in [4.78, 5) is 0. The Balaban J connectivity index is 1.49. The molecule has 3 aliphatic rings. The van der Waals surface area contributed by atoms with Crippen LogP contribution in [0, 0.1) is 11.3 Å². The van der Waals surface area contributed by atoms with Gasteiger partial charge < -0.3 is 10.1 Å². The lowest BCUT2D eigenvalue weighted by atomic mass is 9.51. The molecule has 4 atom stereocenters. The summed E-state index contributed by atoms with van der Waals surface area (Å²) in [6, 6.07) is 1.62. The highest BCUT2D eigenvalue weighted by Crippen LogP contribution is 2.58. The Kier molecular flexibility index (Phi) is 3.20. The number of ether oxygens (including phenoxy) is 1. The van der Waals surface area contributed by atoms with E-state index in [1.54, 1.807) is 0 Å². The molecule has 0 aromatic carbocycles. The van der Waals surface area contributed by atoms with Crippen LogP contribution in [0.15, 0.2) is 0 Å². The van der Waals surface area contributed by atoms with Crippen LogP contribution in [0.1, 0.15) is 58.8 Å². The molecule has 0 amide bonds. The second kappa shape index (κ2) is 4.55. The van der Waals surface area contributed by atoms with Gasteiger partial charge in [0, 0.05) is 24.1 Å². The van der Waals surface area contributed by atoms with Gasteiger partial charge in [-0.2, -0.15) is 0 Å². The lowest BCUT2D eigenvalue weighted by Crippen LogP contribution is -2.67. The van der Waals surface area contributed by atoms with Crippen molar-refractivity contribution in [1.82, 2.24) is 5.32 Å². The first-order valence-electron chi connectivity index (χ1n) is 7.67. The van der Waals surface area contributed by atoms with Gasteiger partial charge in [-0.3, -0.25) is 0 Å². The molecule has 0 saturated heterocycles. The second-order valence-electron chi connectivity index (χ2n) is 6.38. The molecular formula is C15H27NO. The zero-order valence-electron chi connectivity index (χ0n) is 11.4. The van der Waals surface area contributed by atoms with E-state index in [-0.39, 0.29) is 0 Å². The highest BCUT2D eigenvalue weighted by atomic mass is 16.5. The van der Waals surface area contributed by atoms with Gasteiger partial charge in [0.15, 0.2) is 0 Å². The fourth-order valence-corrected chi connectivity index (χ4v) is 4.07. The normalized spacial score (nSPS) is 42.0. The predicted octanol–water partition coefficient (Wildman–Crippen LogP) is 3.11. The summed E-state index contributed by atoms with van der Waals surface area (Å²) in [6.45, 7) is 5.32. The fraction of sp³-hybridized carbons (Fsp3) is 1.00.